The highest BCUT2D eigenvalue weighted by atomic mass is 28.3. The van der Waals surface area contributed by atoms with Crippen molar-refractivity contribution in [3.8, 4) is 0 Å². The van der Waals surface area contributed by atoms with E-state index in [1.807, 2.05) is 0 Å². The molecule has 0 saturated carbocycles. The SMILES string of the molecule is C=C[O].C[SiH](C)C. The fourth-order valence-electron chi connectivity index (χ4n) is 0. The van der Waals surface area contributed by atoms with E-state index in [2.05, 4.69) is 26.2 Å². The maximum Gasteiger partial charge on any atom is 0.135 e. The van der Waals surface area contributed by atoms with Gasteiger partial charge in [-0.25, -0.2) is 0 Å². The lowest BCUT2D eigenvalue weighted by Crippen LogP contribution is -1.84. The first-order valence-electron chi connectivity index (χ1n) is 2.38. The lowest BCUT2D eigenvalue weighted by molar-refractivity contribution is 0.353. The van der Waals surface area contributed by atoms with Gasteiger partial charge in [0.1, 0.15) is 6.26 Å². The second-order valence-corrected chi connectivity index (χ2v) is 5.36. The highest BCUT2D eigenvalue weighted by Crippen LogP contribution is 1.68. The van der Waals surface area contributed by atoms with Crippen LogP contribution < -0.4 is 0 Å². The van der Waals surface area contributed by atoms with E-state index < -0.39 is 0 Å². The zero-order valence-electron chi connectivity index (χ0n) is 5.27. The molecule has 0 spiro atoms. The van der Waals surface area contributed by atoms with Crippen LogP contribution in [0.3, 0.4) is 0 Å². The molecule has 0 saturated heterocycles. The van der Waals surface area contributed by atoms with Gasteiger partial charge < -0.3 is 0 Å². The van der Waals surface area contributed by atoms with Gasteiger partial charge in [-0.2, -0.15) is 0 Å². The van der Waals surface area contributed by atoms with Crippen LogP contribution in [0.15, 0.2) is 12.8 Å². The van der Waals surface area contributed by atoms with Crippen LogP contribution in [0.25, 0.3) is 0 Å². The second kappa shape index (κ2) is 9.23. The maximum atomic E-state index is 8.69. The van der Waals surface area contributed by atoms with Gasteiger partial charge >= 0.3 is 0 Å². The summed E-state index contributed by atoms with van der Waals surface area (Å²) >= 11 is 0. The van der Waals surface area contributed by atoms with E-state index in [1.54, 1.807) is 0 Å². The average Bonchev–Trinajstić information content (AvgIpc) is 1.33. The molecular formula is C5H13OSi. The number of hydrogen-bond donors (Lipinski definition) is 0. The Balaban J connectivity index is 0. The van der Waals surface area contributed by atoms with Gasteiger partial charge in [0.15, 0.2) is 0 Å². The van der Waals surface area contributed by atoms with Crippen LogP contribution in [0.1, 0.15) is 0 Å². The minimum absolute atomic E-state index is 0.139. The Morgan fingerprint density at radius 1 is 1.43 bits per heavy atom. The van der Waals surface area contributed by atoms with Crippen molar-refractivity contribution >= 4 is 8.80 Å². The van der Waals surface area contributed by atoms with Gasteiger partial charge in [0.25, 0.3) is 0 Å². The van der Waals surface area contributed by atoms with Gasteiger partial charge in [-0.1, -0.05) is 26.2 Å². The monoisotopic (exact) mass is 117 g/mol. The molecule has 43 valence electrons. The molecule has 0 atom stereocenters. The lowest BCUT2D eigenvalue weighted by atomic mass is 11.2. The average molecular weight is 117 g/mol. The van der Waals surface area contributed by atoms with E-state index in [4.69, 9.17) is 5.11 Å². The molecule has 0 bridgehead atoms. The zero-order chi connectivity index (χ0) is 6.28. The van der Waals surface area contributed by atoms with Crippen molar-refractivity contribution in [1.82, 2.24) is 0 Å². The molecule has 0 aromatic heterocycles. The van der Waals surface area contributed by atoms with Crippen molar-refractivity contribution in [3.63, 3.8) is 0 Å². The number of rotatable bonds is 0. The molecule has 0 heterocycles. The van der Waals surface area contributed by atoms with E-state index >= 15 is 0 Å². The molecule has 0 aromatic carbocycles. The summed E-state index contributed by atoms with van der Waals surface area (Å²) in [7, 11) is -0.139. The van der Waals surface area contributed by atoms with Crippen LogP contribution in [0, 0.1) is 0 Å². The minimum Gasteiger partial charge on any atom is -0.299 e. The first-order chi connectivity index (χ1) is 3.15. The first-order valence-corrected chi connectivity index (χ1v) is 5.84. The largest absolute Gasteiger partial charge is 0.299 e. The van der Waals surface area contributed by atoms with Gasteiger partial charge in [0.2, 0.25) is 0 Å². The quantitative estimate of drug-likeness (QED) is 0.340. The van der Waals surface area contributed by atoms with Crippen molar-refractivity contribution in [3.05, 3.63) is 12.8 Å². The Hall–Kier alpha value is -0.243. The van der Waals surface area contributed by atoms with Crippen molar-refractivity contribution in [2.24, 2.45) is 0 Å². The van der Waals surface area contributed by atoms with E-state index in [0.717, 1.165) is 0 Å². The van der Waals surface area contributed by atoms with Crippen LogP contribution in [0.2, 0.25) is 19.6 Å². The Bertz CT molecular complexity index is 32.3. The van der Waals surface area contributed by atoms with E-state index in [1.165, 1.54) is 0 Å². The summed E-state index contributed by atoms with van der Waals surface area (Å²) in [5.41, 5.74) is 0. The normalized spacial score (nSPS) is 6.86. The Morgan fingerprint density at radius 2 is 1.43 bits per heavy atom. The van der Waals surface area contributed by atoms with Gasteiger partial charge in [-0.15, -0.1) is 0 Å². The summed E-state index contributed by atoms with van der Waals surface area (Å²) in [6.07, 6.45) is 0.500. The molecular weight excluding hydrogens is 104 g/mol. The predicted octanol–water partition coefficient (Wildman–Crippen LogP) is 1.66. The third-order valence-corrected chi connectivity index (χ3v) is 0. The summed E-state index contributed by atoms with van der Waals surface area (Å²) in [6, 6.07) is 0. The van der Waals surface area contributed by atoms with Gasteiger partial charge in [-0.05, 0) is 0 Å². The third-order valence-electron chi connectivity index (χ3n) is 0. The minimum atomic E-state index is -0.139. The second-order valence-electron chi connectivity index (χ2n) is 1.90. The molecule has 0 aromatic rings. The van der Waals surface area contributed by atoms with Crippen molar-refractivity contribution in [1.29, 1.82) is 0 Å². The maximum absolute atomic E-state index is 8.69. The summed E-state index contributed by atoms with van der Waals surface area (Å²) in [5, 5.41) is 8.69. The van der Waals surface area contributed by atoms with Crippen LogP contribution >= 0.6 is 0 Å². The topological polar surface area (TPSA) is 19.9 Å². The summed E-state index contributed by atoms with van der Waals surface area (Å²) in [4.78, 5) is 0. The fraction of sp³-hybridized carbons (Fsp3) is 0.600. The molecule has 0 aliphatic heterocycles. The highest BCUT2D eigenvalue weighted by Gasteiger charge is 1.71. The standard InChI is InChI=1S/C3H10Si.C2H3O/c1-4(2)3;1-2-3/h4H,1-3H3;2H,1H2. The van der Waals surface area contributed by atoms with Crippen LogP contribution in [0.5, 0.6) is 0 Å². The van der Waals surface area contributed by atoms with E-state index in [-0.39, 0.29) is 8.80 Å². The molecule has 0 N–H and O–H groups in total. The van der Waals surface area contributed by atoms with Crippen molar-refractivity contribution in [2.75, 3.05) is 0 Å². The molecule has 1 radical (unpaired) electrons. The molecule has 1 nitrogen and oxygen atoms in total. The van der Waals surface area contributed by atoms with Crippen LogP contribution in [-0.2, 0) is 5.11 Å². The summed E-state index contributed by atoms with van der Waals surface area (Å²) in [6.45, 7) is 9.72. The van der Waals surface area contributed by atoms with Crippen LogP contribution in [-0.4, -0.2) is 8.80 Å². The highest BCUT2D eigenvalue weighted by molar-refractivity contribution is 6.54. The Labute approximate surface area is 47.3 Å². The fourth-order valence-corrected chi connectivity index (χ4v) is 0. The Kier molecular flexibility index (Phi) is 13.0. The van der Waals surface area contributed by atoms with Gasteiger partial charge in [-0.3, -0.25) is 5.11 Å². The molecule has 7 heavy (non-hydrogen) atoms. The van der Waals surface area contributed by atoms with Crippen LogP contribution in [0.4, 0.5) is 0 Å². The first kappa shape index (κ1) is 9.90. The molecule has 2 heteroatoms. The lowest BCUT2D eigenvalue weighted by Gasteiger charge is -1.75. The van der Waals surface area contributed by atoms with Crippen molar-refractivity contribution < 1.29 is 5.11 Å². The summed E-state index contributed by atoms with van der Waals surface area (Å²) in [5.74, 6) is 0. The molecule has 0 unspecified atom stereocenters. The van der Waals surface area contributed by atoms with E-state index in [9.17, 15) is 0 Å². The third kappa shape index (κ3) is 1370. The van der Waals surface area contributed by atoms with Gasteiger partial charge in [0.05, 0.1) is 0 Å². The van der Waals surface area contributed by atoms with E-state index in [0.29, 0.717) is 6.26 Å². The molecule has 0 amide bonds. The zero-order valence-corrected chi connectivity index (χ0v) is 6.42. The summed E-state index contributed by atoms with van der Waals surface area (Å²) < 4.78 is 0. The Morgan fingerprint density at radius 3 is 1.43 bits per heavy atom. The molecule has 0 aliphatic rings. The number of hydrogen-bond acceptors (Lipinski definition) is 0. The predicted molar refractivity (Wildman–Crippen MR) is 35.6 cm³/mol. The molecule has 0 aliphatic carbocycles. The van der Waals surface area contributed by atoms with Crippen molar-refractivity contribution in [2.45, 2.75) is 19.6 Å². The molecule has 0 fully saturated rings. The molecule has 0 rings (SSSR count). The smallest absolute Gasteiger partial charge is 0.135 e. The van der Waals surface area contributed by atoms with Gasteiger partial charge in [0, 0.05) is 8.80 Å².